The van der Waals surface area contributed by atoms with Gasteiger partial charge in [0.25, 0.3) is 5.91 Å². The third-order valence-corrected chi connectivity index (χ3v) is 7.01. The van der Waals surface area contributed by atoms with E-state index in [1.165, 1.54) is 14.2 Å². The predicted octanol–water partition coefficient (Wildman–Crippen LogP) is 4.81. The quantitative estimate of drug-likeness (QED) is 0.377. The zero-order chi connectivity index (χ0) is 27.9. The topological polar surface area (TPSA) is 89.1 Å². The molecule has 0 saturated carbocycles. The summed E-state index contributed by atoms with van der Waals surface area (Å²) in [7, 11) is 6.39. The second kappa shape index (κ2) is 12.7. The first-order valence-electron chi connectivity index (χ1n) is 12.5. The molecule has 39 heavy (non-hydrogen) atoms. The number of rotatable bonds is 10. The van der Waals surface area contributed by atoms with Gasteiger partial charge >= 0.3 is 0 Å². The Morgan fingerprint density at radius 3 is 2.36 bits per heavy atom. The molecular formula is C30H32ClN3O5. The molecule has 0 saturated heterocycles. The lowest BCUT2D eigenvalue weighted by atomic mass is 9.77. The fourth-order valence-corrected chi connectivity index (χ4v) is 5.19. The number of hydrogen-bond donors (Lipinski definition) is 2. The number of carbonyl (C=O) groups excluding carboxylic acids is 2. The van der Waals surface area contributed by atoms with Gasteiger partial charge < -0.3 is 29.7 Å². The maximum absolute atomic E-state index is 14.3. The van der Waals surface area contributed by atoms with Crippen molar-refractivity contribution in [1.29, 1.82) is 0 Å². The Morgan fingerprint density at radius 1 is 1.00 bits per heavy atom. The first kappa shape index (κ1) is 28.0. The van der Waals surface area contributed by atoms with Gasteiger partial charge in [-0.1, -0.05) is 60.1 Å². The van der Waals surface area contributed by atoms with E-state index in [0.29, 0.717) is 46.5 Å². The summed E-state index contributed by atoms with van der Waals surface area (Å²) in [6.07, 6.45) is 1.84. The van der Waals surface area contributed by atoms with Crippen LogP contribution in [0.4, 0.5) is 5.69 Å². The van der Waals surface area contributed by atoms with Crippen LogP contribution in [0.25, 0.3) is 5.57 Å². The van der Waals surface area contributed by atoms with Gasteiger partial charge in [0.1, 0.15) is 11.5 Å². The van der Waals surface area contributed by atoms with Crippen LogP contribution in [-0.4, -0.2) is 64.3 Å². The Balaban J connectivity index is 1.89. The van der Waals surface area contributed by atoms with Crippen LogP contribution in [-0.2, 0) is 9.53 Å². The lowest BCUT2D eigenvalue weighted by Gasteiger charge is -2.42. The van der Waals surface area contributed by atoms with Crippen LogP contribution in [0.3, 0.4) is 0 Å². The molecule has 204 valence electrons. The molecule has 0 aliphatic carbocycles. The number of carbonyl (C=O) groups is 2. The number of ether oxygens (including phenoxy) is 3. The Morgan fingerprint density at radius 2 is 1.69 bits per heavy atom. The van der Waals surface area contributed by atoms with Gasteiger partial charge in [-0.3, -0.25) is 9.59 Å². The van der Waals surface area contributed by atoms with Crippen molar-refractivity contribution in [2.75, 3.05) is 46.8 Å². The molecule has 2 amide bonds. The minimum Gasteiger partial charge on any atom is -0.495 e. The molecule has 2 atom stereocenters. The van der Waals surface area contributed by atoms with E-state index in [0.717, 1.165) is 11.1 Å². The van der Waals surface area contributed by atoms with E-state index in [9.17, 15) is 9.59 Å². The molecule has 9 heteroatoms. The highest BCUT2D eigenvalue weighted by Crippen LogP contribution is 2.42. The summed E-state index contributed by atoms with van der Waals surface area (Å²) in [6, 6.07) is 19.5. The largest absolute Gasteiger partial charge is 0.495 e. The summed E-state index contributed by atoms with van der Waals surface area (Å²) < 4.78 is 16.2. The van der Waals surface area contributed by atoms with E-state index >= 15 is 0 Å². The van der Waals surface area contributed by atoms with Gasteiger partial charge in [-0.2, -0.15) is 0 Å². The van der Waals surface area contributed by atoms with Crippen molar-refractivity contribution in [1.82, 2.24) is 10.2 Å². The number of hydrogen-bond acceptors (Lipinski definition) is 6. The van der Waals surface area contributed by atoms with Crippen molar-refractivity contribution in [3.05, 3.63) is 94.6 Å². The van der Waals surface area contributed by atoms with E-state index in [1.54, 1.807) is 43.3 Å². The molecule has 0 bridgehead atoms. The molecule has 2 N–H and O–H groups in total. The first-order chi connectivity index (χ1) is 18.9. The Bertz CT molecular complexity index is 1360. The summed E-state index contributed by atoms with van der Waals surface area (Å²) in [5.41, 5.74) is 3.17. The van der Waals surface area contributed by atoms with Gasteiger partial charge in [0.15, 0.2) is 0 Å². The van der Waals surface area contributed by atoms with Crippen LogP contribution >= 0.6 is 11.6 Å². The number of methoxy groups -OCH3 is 3. The molecule has 0 spiro atoms. The molecule has 1 heterocycles. The molecule has 3 aromatic carbocycles. The number of halogens is 1. The Hall–Kier alpha value is -4.01. The van der Waals surface area contributed by atoms with Gasteiger partial charge in [0.2, 0.25) is 5.91 Å². The average molecular weight is 550 g/mol. The number of nitrogens with one attached hydrogen (secondary N) is 2. The zero-order valence-electron chi connectivity index (χ0n) is 22.4. The SMILES string of the molecule is CN/C=C(\c1ccccc1)C1C(C(=O)Nc2cc(Cl)c(OC)cc2OC)c2ccccc2C(=O)N1CCOC. The summed E-state index contributed by atoms with van der Waals surface area (Å²) >= 11 is 6.39. The Kier molecular flexibility index (Phi) is 9.11. The molecule has 1 aliphatic rings. The minimum atomic E-state index is -0.763. The highest BCUT2D eigenvalue weighted by Gasteiger charge is 2.45. The molecule has 2 unspecified atom stereocenters. The van der Waals surface area contributed by atoms with Gasteiger partial charge in [0, 0.05) is 38.5 Å². The number of anilines is 1. The molecule has 3 aromatic rings. The van der Waals surface area contributed by atoms with Crippen LogP contribution in [0, 0.1) is 0 Å². The molecule has 0 radical (unpaired) electrons. The van der Waals surface area contributed by atoms with Gasteiger partial charge in [-0.05, 0) is 28.8 Å². The van der Waals surface area contributed by atoms with Crippen LogP contribution in [0.15, 0.2) is 72.9 Å². The predicted molar refractivity (Wildman–Crippen MR) is 153 cm³/mol. The number of amides is 2. The van der Waals surface area contributed by atoms with Crippen molar-refractivity contribution in [3.8, 4) is 11.5 Å². The maximum atomic E-state index is 14.3. The van der Waals surface area contributed by atoms with Crippen molar-refractivity contribution in [2.45, 2.75) is 12.0 Å². The maximum Gasteiger partial charge on any atom is 0.254 e. The fraction of sp³-hybridized carbons (Fsp3) is 0.267. The van der Waals surface area contributed by atoms with Crippen LogP contribution in [0.1, 0.15) is 27.4 Å². The third kappa shape index (κ3) is 5.72. The van der Waals surface area contributed by atoms with Crippen LogP contribution in [0.5, 0.6) is 11.5 Å². The summed E-state index contributed by atoms with van der Waals surface area (Å²) in [5.74, 6) is -0.431. The first-order valence-corrected chi connectivity index (χ1v) is 12.9. The highest BCUT2D eigenvalue weighted by atomic mass is 35.5. The van der Waals surface area contributed by atoms with Gasteiger partial charge in [0.05, 0.1) is 43.5 Å². The van der Waals surface area contributed by atoms with E-state index in [1.807, 2.05) is 48.7 Å². The standard InChI is InChI=1S/C30H32ClN3O5/c1-32-18-22(19-10-6-5-7-11-19)28-27(20-12-8-9-13-21(20)30(36)34(28)14-15-37-2)29(35)33-24-16-23(31)25(38-3)17-26(24)39-4/h5-13,16-18,27-28,32H,14-15H2,1-4H3,(H,33,35)/b22-18+. The van der Waals surface area contributed by atoms with Crippen LogP contribution < -0.4 is 20.1 Å². The van der Waals surface area contributed by atoms with E-state index < -0.39 is 12.0 Å². The molecule has 4 rings (SSSR count). The monoisotopic (exact) mass is 549 g/mol. The van der Waals surface area contributed by atoms with Gasteiger partial charge in [-0.15, -0.1) is 0 Å². The second-order valence-corrected chi connectivity index (χ2v) is 9.34. The molecule has 0 fully saturated rings. The Labute approximate surface area is 233 Å². The molecular weight excluding hydrogens is 518 g/mol. The summed E-state index contributed by atoms with van der Waals surface area (Å²) in [6.45, 7) is 0.603. The van der Waals surface area contributed by atoms with Gasteiger partial charge in [-0.25, -0.2) is 0 Å². The normalized spacial score (nSPS) is 16.9. The number of fused-ring (bicyclic) bond motifs is 1. The third-order valence-electron chi connectivity index (χ3n) is 6.71. The fourth-order valence-electron chi connectivity index (χ4n) is 4.95. The van der Waals surface area contributed by atoms with E-state index in [4.69, 9.17) is 25.8 Å². The summed E-state index contributed by atoms with van der Waals surface area (Å²) in [5, 5.41) is 6.45. The van der Waals surface area contributed by atoms with Crippen molar-refractivity contribution >= 4 is 34.7 Å². The van der Waals surface area contributed by atoms with Crippen molar-refractivity contribution in [3.63, 3.8) is 0 Å². The average Bonchev–Trinajstić information content (AvgIpc) is 2.96. The van der Waals surface area contributed by atoms with E-state index in [2.05, 4.69) is 10.6 Å². The summed E-state index contributed by atoms with van der Waals surface area (Å²) in [4.78, 5) is 29.9. The van der Waals surface area contributed by atoms with Crippen molar-refractivity contribution < 1.29 is 23.8 Å². The van der Waals surface area contributed by atoms with E-state index in [-0.39, 0.29) is 11.8 Å². The van der Waals surface area contributed by atoms with Crippen LogP contribution in [0.2, 0.25) is 5.02 Å². The molecule has 0 aromatic heterocycles. The number of benzene rings is 3. The lowest BCUT2D eigenvalue weighted by Crippen LogP contribution is -2.53. The molecule has 1 aliphatic heterocycles. The minimum absolute atomic E-state index is 0.167. The lowest BCUT2D eigenvalue weighted by molar-refractivity contribution is -0.118. The number of nitrogens with zero attached hydrogens (tertiary/aromatic N) is 1. The zero-order valence-corrected chi connectivity index (χ0v) is 23.1. The second-order valence-electron chi connectivity index (χ2n) is 8.93. The van der Waals surface area contributed by atoms with Crippen molar-refractivity contribution in [2.24, 2.45) is 0 Å². The smallest absolute Gasteiger partial charge is 0.254 e. The highest BCUT2D eigenvalue weighted by molar-refractivity contribution is 6.32. The molecule has 8 nitrogen and oxygen atoms in total.